The lowest BCUT2D eigenvalue weighted by Crippen LogP contribution is -2.25. The summed E-state index contributed by atoms with van der Waals surface area (Å²) in [5.74, 6) is 1.28. The molecule has 0 aliphatic heterocycles. The third-order valence-corrected chi connectivity index (χ3v) is 2.58. The van der Waals surface area contributed by atoms with Crippen LogP contribution >= 0.6 is 11.8 Å². The molecule has 0 saturated heterocycles. The van der Waals surface area contributed by atoms with Crippen LogP contribution in [0.25, 0.3) is 0 Å². The lowest BCUT2D eigenvalue weighted by Gasteiger charge is -2.09. The number of hydrogen-bond donors (Lipinski definition) is 2. The van der Waals surface area contributed by atoms with Crippen LogP contribution in [0.5, 0.6) is 5.75 Å². The van der Waals surface area contributed by atoms with Gasteiger partial charge in [0, 0.05) is 11.8 Å². The van der Waals surface area contributed by atoms with Crippen LogP contribution in [0.3, 0.4) is 0 Å². The summed E-state index contributed by atoms with van der Waals surface area (Å²) in [6.07, 6.45) is 2.93. The molecule has 1 aromatic carbocycles. The van der Waals surface area contributed by atoms with Crippen LogP contribution in [0.15, 0.2) is 24.3 Å². The predicted octanol–water partition coefficient (Wildman–Crippen LogP) is 1.62. The van der Waals surface area contributed by atoms with E-state index in [4.69, 9.17) is 10.8 Å². The third kappa shape index (κ3) is 3.70. The van der Waals surface area contributed by atoms with Crippen LogP contribution in [0, 0.1) is 0 Å². The summed E-state index contributed by atoms with van der Waals surface area (Å²) in [4.78, 5) is 0. The van der Waals surface area contributed by atoms with Gasteiger partial charge in [-0.2, -0.15) is 11.8 Å². The normalized spacial score (nSPS) is 12.8. The van der Waals surface area contributed by atoms with Crippen molar-refractivity contribution in [3.63, 3.8) is 0 Å². The monoisotopic (exact) mass is 197 g/mol. The van der Waals surface area contributed by atoms with Crippen molar-refractivity contribution in [1.29, 1.82) is 0 Å². The maximum Gasteiger partial charge on any atom is 0.115 e. The Bertz CT molecular complexity index is 248. The third-order valence-electron chi connectivity index (χ3n) is 1.81. The topological polar surface area (TPSA) is 46.2 Å². The number of thioether (sulfide) groups is 1. The molecule has 3 N–H and O–H groups in total. The Kier molecular flexibility index (Phi) is 4.12. The SMILES string of the molecule is CSCC(N)Cc1ccc(O)cc1. The summed E-state index contributed by atoms with van der Waals surface area (Å²) in [6, 6.07) is 7.42. The van der Waals surface area contributed by atoms with Gasteiger partial charge in [0.1, 0.15) is 5.75 Å². The van der Waals surface area contributed by atoms with Gasteiger partial charge in [0.15, 0.2) is 0 Å². The zero-order valence-electron chi connectivity index (χ0n) is 7.73. The number of aromatic hydroxyl groups is 1. The molecule has 1 rings (SSSR count). The molecule has 1 atom stereocenters. The first-order chi connectivity index (χ1) is 6.22. The number of nitrogens with two attached hydrogens (primary N) is 1. The highest BCUT2D eigenvalue weighted by molar-refractivity contribution is 7.98. The second-order valence-electron chi connectivity index (χ2n) is 3.09. The molecule has 0 aliphatic carbocycles. The van der Waals surface area contributed by atoms with Crippen molar-refractivity contribution in [1.82, 2.24) is 0 Å². The number of phenols is 1. The van der Waals surface area contributed by atoms with E-state index in [1.807, 2.05) is 12.1 Å². The predicted molar refractivity (Wildman–Crippen MR) is 58.2 cm³/mol. The first kappa shape index (κ1) is 10.4. The maximum absolute atomic E-state index is 9.06. The van der Waals surface area contributed by atoms with Crippen LogP contribution in [0.4, 0.5) is 0 Å². The van der Waals surface area contributed by atoms with E-state index < -0.39 is 0 Å². The minimum atomic E-state index is 0.208. The highest BCUT2D eigenvalue weighted by atomic mass is 32.2. The molecule has 0 radical (unpaired) electrons. The van der Waals surface area contributed by atoms with Gasteiger partial charge in [-0.1, -0.05) is 12.1 Å². The molecule has 72 valence electrons. The van der Waals surface area contributed by atoms with Gasteiger partial charge in [-0.25, -0.2) is 0 Å². The van der Waals surface area contributed by atoms with Crippen LogP contribution in [0.2, 0.25) is 0 Å². The quantitative estimate of drug-likeness (QED) is 0.771. The highest BCUT2D eigenvalue weighted by Crippen LogP contribution is 2.11. The van der Waals surface area contributed by atoms with E-state index >= 15 is 0 Å². The molecule has 2 nitrogen and oxygen atoms in total. The Morgan fingerprint density at radius 3 is 2.54 bits per heavy atom. The lowest BCUT2D eigenvalue weighted by molar-refractivity contribution is 0.475. The Morgan fingerprint density at radius 1 is 1.38 bits per heavy atom. The van der Waals surface area contributed by atoms with Gasteiger partial charge in [-0.05, 0) is 30.4 Å². The Balaban J connectivity index is 2.49. The first-order valence-electron chi connectivity index (χ1n) is 4.25. The molecular formula is C10H15NOS. The van der Waals surface area contributed by atoms with Gasteiger partial charge >= 0.3 is 0 Å². The zero-order valence-corrected chi connectivity index (χ0v) is 8.55. The highest BCUT2D eigenvalue weighted by Gasteiger charge is 2.02. The fourth-order valence-corrected chi connectivity index (χ4v) is 1.75. The van der Waals surface area contributed by atoms with Crippen molar-refractivity contribution in [3.05, 3.63) is 29.8 Å². The zero-order chi connectivity index (χ0) is 9.68. The second-order valence-corrected chi connectivity index (χ2v) is 4.00. The molecule has 0 fully saturated rings. The van der Waals surface area contributed by atoms with E-state index in [-0.39, 0.29) is 6.04 Å². The standard InChI is InChI=1S/C10H15NOS/c1-13-7-9(11)6-8-2-4-10(12)5-3-8/h2-5,9,12H,6-7,11H2,1H3. The van der Waals surface area contributed by atoms with Gasteiger partial charge in [-0.3, -0.25) is 0 Å². The Hall–Kier alpha value is -0.670. The van der Waals surface area contributed by atoms with E-state index in [9.17, 15) is 0 Å². The molecule has 0 spiro atoms. The van der Waals surface area contributed by atoms with Crippen molar-refractivity contribution in [3.8, 4) is 5.75 Å². The number of phenolic OH excluding ortho intramolecular Hbond substituents is 1. The van der Waals surface area contributed by atoms with E-state index in [1.165, 1.54) is 5.56 Å². The van der Waals surface area contributed by atoms with Gasteiger partial charge in [-0.15, -0.1) is 0 Å². The van der Waals surface area contributed by atoms with Crippen molar-refractivity contribution in [2.75, 3.05) is 12.0 Å². The molecule has 0 aliphatic rings. The van der Waals surface area contributed by atoms with Crippen molar-refractivity contribution in [2.24, 2.45) is 5.73 Å². The summed E-state index contributed by atoms with van der Waals surface area (Å²) in [7, 11) is 0. The van der Waals surface area contributed by atoms with Crippen LogP contribution in [0.1, 0.15) is 5.56 Å². The minimum Gasteiger partial charge on any atom is -0.508 e. The van der Waals surface area contributed by atoms with E-state index in [0.717, 1.165) is 12.2 Å². The molecule has 0 bridgehead atoms. The molecule has 1 aromatic rings. The van der Waals surface area contributed by atoms with Gasteiger partial charge in [0.05, 0.1) is 0 Å². The fourth-order valence-electron chi connectivity index (χ4n) is 1.21. The van der Waals surface area contributed by atoms with Crippen molar-refractivity contribution in [2.45, 2.75) is 12.5 Å². The molecule has 1 unspecified atom stereocenters. The minimum absolute atomic E-state index is 0.208. The summed E-state index contributed by atoms with van der Waals surface area (Å²) >= 11 is 1.76. The summed E-state index contributed by atoms with van der Waals surface area (Å²) in [6.45, 7) is 0. The molecule has 0 aromatic heterocycles. The molecule has 0 heterocycles. The van der Waals surface area contributed by atoms with Crippen LogP contribution in [-0.2, 0) is 6.42 Å². The molecule has 0 saturated carbocycles. The number of rotatable bonds is 4. The van der Waals surface area contributed by atoms with Crippen LogP contribution < -0.4 is 5.73 Å². The van der Waals surface area contributed by atoms with Gasteiger partial charge in [0.2, 0.25) is 0 Å². The largest absolute Gasteiger partial charge is 0.508 e. The smallest absolute Gasteiger partial charge is 0.115 e. The fraction of sp³-hybridized carbons (Fsp3) is 0.400. The number of hydrogen-bond acceptors (Lipinski definition) is 3. The Morgan fingerprint density at radius 2 is 2.00 bits per heavy atom. The summed E-state index contributed by atoms with van der Waals surface area (Å²) in [5.41, 5.74) is 7.05. The van der Waals surface area contributed by atoms with E-state index in [1.54, 1.807) is 23.9 Å². The second kappa shape index (κ2) is 5.14. The first-order valence-corrected chi connectivity index (χ1v) is 5.64. The maximum atomic E-state index is 9.06. The average molecular weight is 197 g/mol. The lowest BCUT2D eigenvalue weighted by atomic mass is 10.1. The summed E-state index contributed by atoms with van der Waals surface area (Å²) in [5, 5.41) is 9.06. The molecular weight excluding hydrogens is 182 g/mol. The van der Waals surface area contributed by atoms with E-state index in [0.29, 0.717) is 5.75 Å². The van der Waals surface area contributed by atoms with Gasteiger partial charge < -0.3 is 10.8 Å². The van der Waals surface area contributed by atoms with Crippen molar-refractivity contribution < 1.29 is 5.11 Å². The van der Waals surface area contributed by atoms with Crippen LogP contribution in [-0.4, -0.2) is 23.2 Å². The molecule has 13 heavy (non-hydrogen) atoms. The summed E-state index contributed by atoms with van der Waals surface area (Å²) < 4.78 is 0. The Labute approximate surface area is 83.1 Å². The van der Waals surface area contributed by atoms with Gasteiger partial charge in [0.25, 0.3) is 0 Å². The average Bonchev–Trinajstić information content (AvgIpc) is 2.09. The molecule has 0 amide bonds. The molecule has 3 heteroatoms. The van der Waals surface area contributed by atoms with E-state index in [2.05, 4.69) is 6.26 Å². The van der Waals surface area contributed by atoms with Crippen molar-refractivity contribution >= 4 is 11.8 Å². The number of benzene rings is 1.